The van der Waals surface area contributed by atoms with Crippen LogP contribution < -0.4 is 5.14 Å². The Hall–Kier alpha value is -0.670. The number of hydrogen-bond acceptors (Lipinski definition) is 3. The van der Waals surface area contributed by atoms with Crippen molar-refractivity contribution >= 4 is 12.1 Å². The first-order valence-corrected chi connectivity index (χ1v) is 3.38. The van der Waals surface area contributed by atoms with Gasteiger partial charge < -0.3 is 0 Å². The summed E-state index contributed by atoms with van der Waals surface area (Å²) >= 11 is 1.15. The molecule has 2 nitrogen and oxygen atoms in total. The molecule has 0 unspecified atom stereocenters. The Morgan fingerprint density at radius 3 is 2.78 bits per heavy atom. The molecule has 0 fully saturated rings. The van der Waals surface area contributed by atoms with E-state index in [2.05, 4.69) is 6.58 Å². The molecule has 0 spiro atoms. The predicted octanol–water partition coefficient (Wildman–Crippen LogP) is 1.41. The summed E-state index contributed by atoms with van der Waals surface area (Å²) in [5.41, 5.74) is 0.907. The summed E-state index contributed by atoms with van der Waals surface area (Å²) < 4.78 is 1.79. The van der Waals surface area contributed by atoms with Crippen LogP contribution in [0, 0.1) is 0 Å². The lowest BCUT2D eigenvalue weighted by Crippen LogP contribution is -2.09. The Labute approximate surface area is 59.0 Å². The SMILES string of the molecule is C=C1C=CC=CN1SN. The topological polar surface area (TPSA) is 29.3 Å². The maximum Gasteiger partial charge on any atom is 0.0458 e. The summed E-state index contributed by atoms with van der Waals surface area (Å²) in [4.78, 5) is 0. The second-order valence-electron chi connectivity index (χ2n) is 1.62. The molecule has 48 valence electrons. The molecule has 0 radical (unpaired) electrons. The molecule has 9 heavy (non-hydrogen) atoms. The van der Waals surface area contributed by atoms with E-state index in [9.17, 15) is 0 Å². The van der Waals surface area contributed by atoms with Gasteiger partial charge in [-0.15, -0.1) is 0 Å². The first-order valence-electron chi connectivity index (χ1n) is 2.54. The van der Waals surface area contributed by atoms with Crippen LogP contribution in [0.3, 0.4) is 0 Å². The minimum Gasteiger partial charge on any atom is -0.280 e. The molecule has 0 aliphatic carbocycles. The second-order valence-corrected chi connectivity index (χ2v) is 2.23. The van der Waals surface area contributed by atoms with Crippen LogP contribution in [0.25, 0.3) is 0 Å². The first-order chi connectivity index (χ1) is 4.34. The molecule has 0 aromatic carbocycles. The zero-order valence-electron chi connectivity index (χ0n) is 4.95. The molecule has 0 saturated heterocycles. The van der Waals surface area contributed by atoms with Crippen molar-refractivity contribution in [1.82, 2.24) is 4.31 Å². The van der Waals surface area contributed by atoms with E-state index in [4.69, 9.17) is 5.14 Å². The van der Waals surface area contributed by atoms with Gasteiger partial charge in [-0.05, 0) is 12.2 Å². The zero-order chi connectivity index (χ0) is 6.69. The van der Waals surface area contributed by atoms with E-state index in [1.165, 1.54) is 0 Å². The monoisotopic (exact) mass is 140 g/mol. The van der Waals surface area contributed by atoms with Crippen LogP contribution in [0.4, 0.5) is 0 Å². The van der Waals surface area contributed by atoms with Crippen molar-refractivity contribution in [3.8, 4) is 0 Å². The second kappa shape index (κ2) is 2.75. The highest BCUT2D eigenvalue weighted by molar-refractivity contribution is 7.94. The molecule has 0 aromatic rings. The molecule has 1 rings (SSSR count). The van der Waals surface area contributed by atoms with E-state index in [1.54, 1.807) is 4.31 Å². The van der Waals surface area contributed by atoms with Crippen LogP contribution in [0.1, 0.15) is 0 Å². The summed E-state index contributed by atoms with van der Waals surface area (Å²) in [5, 5.41) is 5.29. The fourth-order valence-corrected chi connectivity index (χ4v) is 0.903. The standard InChI is InChI=1S/C6H8N2S/c1-6-4-2-3-5-8(6)9-7/h2-5H,1,7H2. The fourth-order valence-electron chi connectivity index (χ4n) is 0.567. The van der Waals surface area contributed by atoms with Crippen LogP contribution in [0.15, 0.2) is 36.7 Å². The molecule has 2 N–H and O–H groups in total. The predicted molar refractivity (Wildman–Crippen MR) is 41.0 cm³/mol. The number of nitrogens with two attached hydrogens (primary N) is 1. The summed E-state index contributed by atoms with van der Waals surface area (Å²) in [7, 11) is 0. The van der Waals surface area contributed by atoms with Crippen molar-refractivity contribution in [3.05, 3.63) is 36.7 Å². The van der Waals surface area contributed by atoms with Gasteiger partial charge in [0.25, 0.3) is 0 Å². The van der Waals surface area contributed by atoms with E-state index >= 15 is 0 Å². The lowest BCUT2D eigenvalue weighted by Gasteiger charge is -2.17. The normalized spacial score (nSPS) is 17.0. The average Bonchev–Trinajstić information content (AvgIpc) is 1.89. The molecule has 3 heteroatoms. The molecular weight excluding hydrogens is 132 g/mol. The molecule has 0 saturated carbocycles. The van der Waals surface area contributed by atoms with Gasteiger partial charge >= 0.3 is 0 Å². The molecular formula is C6H8N2S. The van der Waals surface area contributed by atoms with E-state index in [-0.39, 0.29) is 0 Å². The summed E-state index contributed by atoms with van der Waals surface area (Å²) in [5.74, 6) is 0. The Morgan fingerprint density at radius 2 is 2.33 bits per heavy atom. The number of nitrogens with zero attached hydrogens (tertiary/aromatic N) is 1. The number of rotatable bonds is 1. The third-order valence-corrected chi connectivity index (χ3v) is 1.60. The average molecular weight is 140 g/mol. The Morgan fingerprint density at radius 1 is 1.56 bits per heavy atom. The maximum absolute atomic E-state index is 5.29. The van der Waals surface area contributed by atoms with Gasteiger partial charge in [-0.2, -0.15) is 0 Å². The van der Waals surface area contributed by atoms with Crippen LogP contribution in [0.5, 0.6) is 0 Å². The Balaban J connectivity index is 2.66. The zero-order valence-corrected chi connectivity index (χ0v) is 5.77. The van der Waals surface area contributed by atoms with Gasteiger partial charge in [0.1, 0.15) is 0 Å². The van der Waals surface area contributed by atoms with Crippen molar-refractivity contribution in [3.63, 3.8) is 0 Å². The van der Waals surface area contributed by atoms with Gasteiger partial charge in [-0.3, -0.25) is 9.44 Å². The highest BCUT2D eigenvalue weighted by Gasteiger charge is 2.00. The van der Waals surface area contributed by atoms with Crippen molar-refractivity contribution in [2.24, 2.45) is 5.14 Å². The molecule has 1 aliphatic rings. The van der Waals surface area contributed by atoms with Crippen molar-refractivity contribution < 1.29 is 0 Å². The highest BCUT2D eigenvalue weighted by Crippen LogP contribution is 2.15. The van der Waals surface area contributed by atoms with E-state index in [0.717, 1.165) is 17.8 Å². The van der Waals surface area contributed by atoms with Gasteiger partial charge in [-0.25, -0.2) is 0 Å². The molecule has 1 heterocycles. The molecule has 0 atom stereocenters. The lowest BCUT2D eigenvalue weighted by atomic mass is 10.3. The van der Waals surface area contributed by atoms with Gasteiger partial charge in [0.2, 0.25) is 0 Å². The summed E-state index contributed by atoms with van der Waals surface area (Å²) in [6, 6.07) is 0. The first kappa shape index (κ1) is 6.45. The van der Waals surface area contributed by atoms with Gasteiger partial charge in [0.05, 0.1) is 0 Å². The van der Waals surface area contributed by atoms with Crippen LogP contribution >= 0.6 is 12.1 Å². The fraction of sp³-hybridized carbons (Fsp3) is 0. The minimum absolute atomic E-state index is 0.907. The summed E-state index contributed by atoms with van der Waals surface area (Å²) in [6.07, 6.45) is 7.61. The van der Waals surface area contributed by atoms with Crippen LogP contribution in [-0.2, 0) is 0 Å². The Kier molecular flexibility index (Phi) is 1.97. The Bertz CT molecular complexity index is 172. The molecule has 0 bridgehead atoms. The maximum atomic E-state index is 5.29. The molecule has 0 aromatic heterocycles. The summed E-state index contributed by atoms with van der Waals surface area (Å²) in [6.45, 7) is 3.75. The van der Waals surface area contributed by atoms with E-state index in [1.807, 2.05) is 24.4 Å². The van der Waals surface area contributed by atoms with Crippen LogP contribution in [-0.4, -0.2) is 4.31 Å². The molecule has 0 amide bonds. The minimum atomic E-state index is 0.907. The third kappa shape index (κ3) is 1.37. The van der Waals surface area contributed by atoms with E-state index in [0.29, 0.717) is 0 Å². The third-order valence-electron chi connectivity index (χ3n) is 1.02. The quantitative estimate of drug-likeness (QED) is 0.558. The van der Waals surface area contributed by atoms with Crippen LogP contribution in [0.2, 0.25) is 0 Å². The van der Waals surface area contributed by atoms with Gasteiger partial charge in [0, 0.05) is 24.0 Å². The largest absolute Gasteiger partial charge is 0.280 e. The van der Waals surface area contributed by atoms with Gasteiger partial charge in [-0.1, -0.05) is 12.7 Å². The number of hydrogen-bond donors (Lipinski definition) is 1. The van der Waals surface area contributed by atoms with Gasteiger partial charge in [0.15, 0.2) is 0 Å². The van der Waals surface area contributed by atoms with Crippen molar-refractivity contribution in [1.29, 1.82) is 0 Å². The van der Waals surface area contributed by atoms with Crippen molar-refractivity contribution in [2.75, 3.05) is 0 Å². The van der Waals surface area contributed by atoms with Crippen molar-refractivity contribution in [2.45, 2.75) is 0 Å². The smallest absolute Gasteiger partial charge is 0.0458 e. The number of allylic oxidation sites excluding steroid dienone is 3. The highest BCUT2D eigenvalue weighted by atomic mass is 32.2. The lowest BCUT2D eigenvalue weighted by molar-refractivity contribution is 0.796. The molecule has 1 aliphatic heterocycles. The van der Waals surface area contributed by atoms with E-state index < -0.39 is 0 Å².